The first-order valence-corrected chi connectivity index (χ1v) is 12.1. The number of carbonyl (C=O) groups excluding carboxylic acids is 1. The van der Waals surface area contributed by atoms with Crippen molar-refractivity contribution in [1.82, 2.24) is 4.98 Å². The van der Waals surface area contributed by atoms with Crippen LogP contribution >= 0.6 is 11.3 Å². The summed E-state index contributed by atoms with van der Waals surface area (Å²) in [5, 5.41) is 12.1. The van der Waals surface area contributed by atoms with E-state index in [4.69, 9.17) is 14.5 Å². The van der Waals surface area contributed by atoms with Gasteiger partial charge in [-0.05, 0) is 48.1 Å². The molecule has 1 N–H and O–H groups in total. The predicted molar refractivity (Wildman–Crippen MR) is 126 cm³/mol. The van der Waals surface area contributed by atoms with Crippen LogP contribution in [0.1, 0.15) is 70.1 Å². The largest absolute Gasteiger partial charge is 0.493 e. The van der Waals surface area contributed by atoms with Crippen LogP contribution in [-0.4, -0.2) is 35.7 Å². The van der Waals surface area contributed by atoms with Gasteiger partial charge in [0.15, 0.2) is 5.69 Å². The minimum absolute atomic E-state index is 0.107. The fraction of sp³-hybridized carbons (Fsp3) is 0.346. The summed E-state index contributed by atoms with van der Waals surface area (Å²) in [5.41, 5.74) is 3.89. The third kappa shape index (κ3) is 4.02. The number of benzene rings is 1. The molecule has 1 saturated carbocycles. The van der Waals surface area contributed by atoms with Crippen molar-refractivity contribution in [1.29, 1.82) is 0 Å². The third-order valence-corrected chi connectivity index (χ3v) is 7.57. The summed E-state index contributed by atoms with van der Waals surface area (Å²) in [6.45, 7) is 0.505. The van der Waals surface area contributed by atoms with E-state index in [-0.39, 0.29) is 11.3 Å². The van der Waals surface area contributed by atoms with Crippen LogP contribution in [0.4, 0.5) is 0 Å². The van der Waals surface area contributed by atoms with E-state index in [1.807, 2.05) is 17.5 Å². The zero-order chi connectivity index (χ0) is 22.9. The summed E-state index contributed by atoms with van der Waals surface area (Å²) in [7, 11) is 1.32. The first-order valence-electron chi connectivity index (χ1n) is 11.3. The van der Waals surface area contributed by atoms with Gasteiger partial charge in [0.2, 0.25) is 0 Å². The van der Waals surface area contributed by atoms with Gasteiger partial charge in [0, 0.05) is 39.6 Å². The lowest BCUT2D eigenvalue weighted by atomic mass is 9.86. The zero-order valence-corrected chi connectivity index (χ0v) is 19.2. The van der Waals surface area contributed by atoms with Crippen molar-refractivity contribution in [3.63, 3.8) is 0 Å². The summed E-state index contributed by atoms with van der Waals surface area (Å²) in [5.74, 6) is -0.719. The highest BCUT2D eigenvalue weighted by atomic mass is 32.1. The number of rotatable bonds is 4. The Morgan fingerprint density at radius 2 is 1.91 bits per heavy atom. The van der Waals surface area contributed by atoms with E-state index < -0.39 is 11.9 Å². The molecule has 1 aliphatic carbocycles. The summed E-state index contributed by atoms with van der Waals surface area (Å²) < 4.78 is 11.0. The molecular weight excluding hydrogens is 438 g/mol. The summed E-state index contributed by atoms with van der Waals surface area (Å²) in [4.78, 5) is 30.8. The molecular formula is C26H25NO5S. The van der Waals surface area contributed by atoms with Crippen molar-refractivity contribution in [2.45, 2.75) is 44.4 Å². The van der Waals surface area contributed by atoms with Gasteiger partial charge in [-0.3, -0.25) is 0 Å². The smallest absolute Gasteiger partial charge is 0.357 e. The van der Waals surface area contributed by atoms with Gasteiger partial charge < -0.3 is 14.6 Å². The number of nitrogens with zero attached hydrogens (tertiary/aromatic N) is 1. The molecule has 3 aromatic rings. The molecule has 6 nitrogen and oxygen atoms in total. The molecule has 1 aliphatic heterocycles. The summed E-state index contributed by atoms with van der Waals surface area (Å²) >= 11 is 1.57. The number of aromatic carboxylic acids is 1. The number of methoxy groups -OCH3 is 1. The van der Waals surface area contributed by atoms with Crippen molar-refractivity contribution >= 4 is 23.3 Å². The van der Waals surface area contributed by atoms with Gasteiger partial charge in [-0.15, -0.1) is 11.3 Å². The first kappa shape index (κ1) is 21.6. The van der Waals surface area contributed by atoms with Crippen molar-refractivity contribution < 1.29 is 24.2 Å². The van der Waals surface area contributed by atoms with E-state index >= 15 is 0 Å². The number of thiophene rings is 1. The van der Waals surface area contributed by atoms with Crippen molar-refractivity contribution in [2.75, 3.05) is 13.7 Å². The van der Waals surface area contributed by atoms with E-state index in [0.717, 1.165) is 53.8 Å². The van der Waals surface area contributed by atoms with Crippen molar-refractivity contribution in [2.24, 2.45) is 0 Å². The molecule has 2 aromatic heterocycles. The van der Waals surface area contributed by atoms with Crippen LogP contribution in [0.15, 0.2) is 35.7 Å². The molecule has 3 heterocycles. The van der Waals surface area contributed by atoms with E-state index in [1.165, 1.54) is 13.5 Å². The summed E-state index contributed by atoms with van der Waals surface area (Å²) in [6.07, 6.45) is 6.37. The minimum atomic E-state index is -1.07. The van der Waals surface area contributed by atoms with Gasteiger partial charge in [0.05, 0.1) is 19.3 Å². The normalized spacial score (nSPS) is 15.7. The molecule has 0 saturated heterocycles. The molecule has 0 unspecified atom stereocenters. The van der Waals surface area contributed by atoms with Gasteiger partial charge >= 0.3 is 11.9 Å². The fourth-order valence-electron chi connectivity index (χ4n) is 4.89. The molecule has 7 heteroatoms. The molecule has 1 aromatic carbocycles. The monoisotopic (exact) mass is 463 g/mol. The number of carboxylic acid groups (broad SMARTS) is 1. The zero-order valence-electron chi connectivity index (χ0n) is 18.4. The average molecular weight is 464 g/mol. The van der Waals surface area contributed by atoms with Gasteiger partial charge in [-0.1, -0.05) is 25.3 Å². The number of aromatic nitrogens is 1. The van der Waals surface area contributed by atoms with Crippen LogP contribution in [0.25, 0.3) is 21.6 Å². The van der Waals surface area contributed by atoms with E-state index in [2.05, 4.69) is 6.07 Å². The van der Waals surface area contributed by atoms with Crippen LogP contribution in [0.3, 0.4) is 0 Å². The lowest BCUT2D eigenvalue weighted by Crippen LogP contribution is -2.13. The second kappa shape index (κ2) is 8.98. The van der Waals surface area contributed by atoms with Crippen LogP contribution in [0.2, 0.25) is 0 Å². The molecule has 2 aliphatic rings. The van der Waals surface area contributed by atoms with E-state index in [1.54, 1.807) is 23.5 Å². The summed E-state index contributed by atoms with van der Waals surface area (Å²) in [6, 6.07) is 9.18. The molecule has 0 atom stereocenters. The lowest BCUT2D eigenvalue weighted by molar-refractivity contribution is 0.0593. The number of carboxylic acids is 1. The van der Waals surface area contributed by atoms with Crippen molar-refractivity contribution in [3.8, 4) is 27.3 Å². The number of fused-ring (bicyclic) bond motifs is 3. The molecule has 0 radical (unpaired) electrons. The van der Waals surface area contributed by atoms with E-state index in [0.29, 0.717) is 29.4 Å². The minimum Gasteiger partial charge on any atom is -0.493 e. The Morgan fingerprint density at radius 1 is 1.09 bits per heavy atom. The number of ether oxygens (including phenoxy) is 2. The van der Waals surface area contributed by atoms with Crippen LogP contribution in [-0.2, 0) is 11.2 Å². The van der Waals surface area contributed by atoms with Crippen LogP contribution in [0.5, 0.6) is 5.75 Å². The molecule has 33 heavy (non-hydrogen) atoms. The molecule has 170 valence electrons. The average Bonchev–Trinajstić information content (AvgIpc) is 3.24. The van der Waals surface area contributed by atoms with Crippen molar-refractivity contribution in [3.05, 3.63) is 58.2 Å². The molecule has 0 bridgehead atoms. The standard InChI is InChI=1S/C26H25NO5S/c1-31-26(30)23-17(7-8-21(27-23)15-5-3-2-4-6-15)18-14-22-20(13-19(18)25(28)29)24-16(9-11-32-22)10-12-33-24/h7-8,10,12-15H,2-6,9,11H2,1H3,(H,28,29). The van der Waals surface area contributed by atoms with Gasteiger partial charge in [-0.2, -0.15) is 0 Å². The maximum Gasteiger partial charge on any atom is 0.357 e. The predicted octanol–water partition coefficient (Wildman–Crippen LogP) is 5.94. The Morgan fingerprint density at radius 3 is 2.67 bits per heavy atom. The number of carbonyl (C=O) groups is 2. The quantitative estimate of drug-likeness (QED) is 0.482. The second-order valence-electron chi connectivity index (χ2n) is 8.53. The van der Waals surface area contributed by atoms with Gasteiger partial charge in [0.1, 0.15) is 5.75 Å². The molecule has 5 rings (SSSR count). The molecule has 0 spiro atoms. The van der Waals surface area contributed by atoms with Crippen LogP contribution < -0.4 is 4.74 Å². The SMILES string of the molecule is COC(=O)c1nc(C2CCCCC2)ccc1-c1cc2c(cc1C(=O)O)-c1sccc1CCO2. The second-order valence-corrected chi connectivity index (χ2v) is 9.45. The van der Waals surface area contributed by atoms with E-state index in [9.17, 15) is 14.7 Å². The Hall–Kier alpha value is -3.19. The Bertz CT molecular complexity index is 1230. The highest BCUT2D eigenvalue weighted by Crippen LogP contribution is 2.43. The Balaban J connectivity index is 1.68. The topological polar surface area (TPSA) is 85.7 Å². The van der Waals surface area contributed by atoms with Gasteiger partial charge in [-0.25, -0.2) is 14.6 Å². The van der Waals surface area contributed by atoms with Gasteiger partial charge in [0.25, 0.3) is 0 Å². The first-order chi connectivity index (χ1) is 16.1. The number of hydrogen-bond donors (Lipinski definition) is 1. The highest BCUT2D eigenvalue weighted by molar-refractivity contribution is 7.13. The maximum absolute atomic E-state index is 12.7. The Kier molecular flexibility index (Phi) is 5.89. The molecule has 0 amide bonds. The lowest BCUT2D eigenvalue weighted by Gasteiger charge is -2.22. The van der Waals surface area contributed by atoms with Crippen LogP contribution in [0, 0.1) is 0 Å². The number of hydrogen-bond acceptors (Lipinski definition) is 6. The number of esters is 1. The number of pyridine rings is 1. The highest BCUT2D eigenvalue weighted by Gasteiger charge is 2.27. The Labute approximate surface area is 196 Å². The third-order valence-electron chi connectivity index (χ3n) is 6.58. The fourth-order valence-corrected chi connectivity index (χ4v) is 5.86. The maximum atomic E-state index is 12.7. The molecule has 1 fully saturated rings.